The van der Waals surface area contributed by atoms with Crippen molar-refractivity contribution >= 4 is 22.1 Å². The topological polar surface area (TPSA) is 54.0 Å². The van der Waals surface area contributed by atoms with Gasteiger partial charge in [0.05, 0.1) is 0 Å². The molecule has 0 bridgehead atoms. The van der Waals surface area contributed by atoms with Gasteiger partial charge in [-0.1, -0.05) is 213 Å². The van der Waals surface area contributed by atoms with Crippen LogP contribution in [0.25, 0.3) is 43.9 Å². The van der Waals surface area contributed by atoms with Crippen LogP contribution >= 0.6 is 0 Å². The van der Waals surface area contributed by atoms with Crippen LogP contribution in [-0.4, -0.2) is 9.97 Å². The van der Waals surface area contributed by atoms with Gasteiger partial charge < -0.3 is 50.3 Å². The summed E-state index contributed by atoms with van der Waals surface area (Å²) in [4.78, 5) is 10.4. The fourth-order valence-electron chi connectivity index (χ4n) is 10.9. The van der Waals surface area contributed by atoms with Crippen molar-refractivity contribution in [2.75, 3.05) is 0 Å². The molecule has 9 aromatic rings. The van der Waals surface area contributed by atoms with Crippen LogP contribution in [-0.2, 0) is 64.5 Å². The number of para-hydroxylation sites is 2. The van der Waals surface area contributed by atoms with Gasteiger partial charge in [-0.05, 0) is 124 Å². The van der Waals surface area contributed by atoms with E-state index in [0.717, 1.165) is 76.3 Å². The summed E-state index contributed by atoms with van der Waals surface area (Å²) in [5.41, 5.74) is 23.4. The molecular weight excluding hydrogens is 1300 g/mol. The molecule has 0 fully saturated rings. The Bertz CT molecular complexity index is 3310. The summed E-state index contributed by atoms with van der Waals surface area (Å²) >= 11 is 0. The minimum absolute atomic E-state index is 0. The predicted octanol–water partition coefficient (Wildman–Crippen LogP) is 21.6. The molecule has 80 heavy (non-hydrogen) atoms. The second-order valence-corrected chi connectivity index (χ2v) is 20.8. The van der Waals surface area contributed by atoms with Crippen molar-refractivity contribution in [2.45, 2.75) is 133 Å². The van der Waals surface area contributed by atoms with Crippen molar-refractivity contribution in [1.29, 1.82) is 0 Å². The molecule has 0 N–H and O–H groups in total. The van der Waals surface area contributed by atoms with E-state index in [2.05, 4.69) is 229 Å². The molecule has 7 aromatic carbocycles. The number of aromatic nitrogens is 2. The third-order valence-electron chi connectivity index (χ3n) is 14.2. The average molecular weight is 1390 g/mol. The molecule has 0 aliphatic heterocycles. The van der Waals surface area contributed by atoms with Crippen LogP contribution in [0, 0.1) is 83.4 Å². The van der Waals surface area contributed by atoms with Crippen LogP contribution in [0.5, 0.6) is 0 Å². The summed E-state index contributed by atoms with van der Waals surface area (Å²) in [7, 11) is 0. The molecule has 2 aromatic heterocycles. The molecule has 2 unspecified atom stereocenters. The quantitative estimate of drug-likeness (QED) is 0.0715. The Labute approximate surface area is 523 Å². The van der Waals surface area contributed by atoms with Gasteiger partial charge in [-0.15, -0.1) is 76.4 Å². The van der Waals surface area contributed by atoms with Gasteiger partial charge in [-0.2, -0.15) is 0 Å². The first-order valence-corrected chi connectivity index (χ1v) is 26.9. The maximum Gasteiger partial charge on any atom is 0.0196 e. The van der Waals surface area contributed by atoms with Crippen LogP contribution < -0.4 is 0 Å². The molecule has 6 heteroatoms. The van der Waals surface area contributed by atoms with E-state index in [0.29, 0.717) is 11.8 Å². The molecule has 0 amide bonds. The van der Waals surface area contributed by atoms with E-state index in [4.69, 9.17) is 20.6 Å². The number of aryl methyl sites for hydroxylation is 8. The molecule has 418 valence electrons. The van der Waals surface area contributed by atoms with Gasteiger partial charge in [0.2, 0.25) is 0 Å². The average Bonchev–Trinajstić information content (AvgIpc) is 3.38. The van der Waals surface area contributed by atoms with Gasteiger partial charge in [0.25, 0.3) is 0 Å². The fourth-order valence-corrected chi connectivity index (χ4v) is 10.9. The Balaban J connectivity index is 0.000000511. The first-order valence-electron chi connectivity index (χ1n) is 26.9. The summed E-state index contributed by atoms with van der Waals surface area (Å²) in [5, 5.41) is 13.5. The summed E-state index contributed by atoms with van der Waals surface area (Å²) in [6, 6.07) is 62.0. The zero-order chi connectivity index (χ0) is 52.5. The number of hydrogen-bond acceptors (Lipinski definition) is 2. The number of hydrogen-bond donors (Lipinski definition) is 0. The van der Waals surface area contributed by atoms with Crippen molar-refractivity contribution in [3.05, 3.63) is 288 Å². The van der Waals surface area contributed by atoms with Gasteiger partial charge >= 0.3 is 0 Å². The van der Waals surface area contributed by atoms with Gasteiger partial charge in [0.15, 0.2) is 0 Å². The van der Waals surface area contributed by atoms with E-state index in [1.165, 1.54) is 72.1 Å². The van der Waals surface area contributed by atoms with Crippen molar-refractivity contribution < 1.29 is 51.7 Å². The zero-order valence-corrected chi connectivity index (χ0v) is 58.1. The fraction of sp³-hybridized carbons (Fsp3) is 0.270. The van der Waals surface area contributed by atoms with Gasteiger partial charge in [-0.3, -0.25) is 0 Å². The Morgan fingerprint density at radius 3 is 1.34 bits per heavy atom. The maximum absolute atomic E-state index is 5.61. The van der Waals surface area contributed by atoms with Gasteiger partial charge in [-0.25, -0.2) is 0 Å². The van der Waals surface area contributed by atoms with Crippen molar-refractivity contribution in [2.24, 2.45) is 0 Å². The Kier molecular flexibility index (Phi) is 28.9. The van der Waals surface area contributed by atoms with Crippen LogP contribution in [0.15, 0.2) is 158 Å². The summed E-state index contributed by atoms with van der Waals surface area (Å²) in [6.07, 6.45) is 4.21. The summed E-state index contributed by atoms with van der Waals surface area (Å²) < 4.78 is 0. The van der Waals surface area contributed by atoms with Gasteiger partial charge in [0, 0.05) is 63.1 Å². The molecule has 0 aliphatic rings. The third kappa shape index (κ3) is 16.6. The van der Waals surface area contributed by atoms with Gasteiger partial charge in [0.1, 0.15) is 0 Å². The van der Waals surface area contributed by atoms with Crippen LogP contribution in [0.3, 0.4) is 0 Å². The smallest absolute Gasteiger partial charge is 0.0196 e. The molecule has 0 radical (unpaired) electrons. The molecule has 2 heterocycles. The molecule has 0 saturated heterocycles. The predicted molar refractivity (Wildman–Crippen MR) is 340 cm³/mol. The maximum atomic E-state index is 5.61. The summed E-state index contributed by atoms with van der Waals surface area (Å²) in [5.74, 6) is 0.774. The van der Waals surface area contributed by atoms with Crippen molar-refractivity contribution in [3.8, 4) is 22.5 Å². The van der Waals surface area contributed by atoms with Crippen LogP contribution in [0.4, 0.5) is 11.4 Å². The third-order valence-corrected chi connectivity index (χ3v) is 14.2. The Morgan fingerprint density at radius 2 is 0.887 bits per heavy atom. The van der Waals surface area contributed by atoms with Crippen LogP contribution in [0.2, 0.25) is 0 Å². The standard InChI is InChI=1S/C37H38N2.C33H36N2.4CH3.2Hf/c1-7-13-29-16-11-18-30(24(2)3)36(29)39-37(35-26(5)22-25(4)23-27(35)6)34-21-12-20-33(38-34)32-19-10-15-28-14-8-9-17-31(28)32;1-7-13-27-16-11-17-28(22(2)3)32(27)35-33(31-24(5)20-23(4)21-25(31)6)30-19-12-18-29(34-30)26-14-9-8-10-15-26;;;;;;/h8-12,14-18,20-24,37H,7,13H2,1-6H3;8-12,14,16-22,33H,7,13H2,1-6H3;4*1H3;;/q2*-2;4*-1;;. The molecule has 2 atom stereocenters. The van der Waals surface area contributed by atoms with E-state index < -0.39 is 0 Å². The van der Waals surface area contributed by atoms with Crippen molar-refractivity contribution in [1.82, 2.24) is 9.97 Å². The SMILES string of the molecule is CCCc1cccc(C(C)C)c1[N-]C(c1cccc(-c2[c-]ccc3ccccc23)n1)c1c(C)cc(C)cc1C.CCCc1cccc(C(C)C)c1[N-]C(c1cccc(-c2[c-]cccc2)n1)c1c(C)cc(C)cc1C.[CH3-].[CH3-].[CH3-].[CH3-].[Hf].[Hf]. The molecular formula is C74H86Hf2N4-8. The van der Waals surface area contributed by atoms with E-state index in [-0.39, 0.29) is 93.5 Å². The zero-order valence-electron chi connectivity index (χ0n) is 50.9. The molecule has 0 spiro atoms. The Hall–Kier alpha value is -5.56. The second-order valence-electron chi connectivity index (χ2n) is 20.8. The number of benzene rings is 7. The number of rotatable bonds is 16. The minimum Gasteiger partial charge on any atom is -0.673 e. The number of nitrogens with zero attached hydrogens (tertiary/aromatic N) is 4. The first kappa shape index (κ1) is 70.5. The van der Waals surface area contributed by atoms with E-state index in [9.17, 15) is 0 Å². The first-order chi connectivity index (χ1) is 35.8. The number of fused-ring (bicyclic) bond motifs is 1. The Morgan fingerprint density at radius 1 is 0.450 bits per heavy atom. The molecule has 9 rings (SSSR count). The number of pyridine rings is 2. The van der Waals surface area contributed by atoms with Crippen molar-refractivity contribution in [3.63, 3.8) is 0 Å². The second kappa shape index (κ2) is 32.8. The summed E-state index contributed by atoms with van der Waals surface area (Å²) in [6.45, 7) is 26.7. The molecule has 0 saturated carbocycles. The van der Waals surface area contributed by atoms with Crippen LogP contribution in [0.1, 0.15) is 156 Å². The monoisotopic (exact) mass is 1390 g/mol. The molecule has 4 nitrogen and oxygen atoms in total. The van der Waals surface area contributed by atoms with E-state index >= 15 is 0 Å². The van der Waals surface area contributed by atoms with E-state index in [1.54, 1.807) is 0 Å². The largest absolute Gasteiger partial charge is 0.673 e. The molecule has 0 aliphatic carbocycles. The minimum atomic E-state index is -0.212. The van der Waals surface area contributed by atoms with E-state index in [1.807, 2.05) is 24.3 Å². The normalized spacial score (nSPS) is 11.2.